The lowest BCUT2D eigenvalue weighted by Crippen LogP contribution is -2.49. The Hall–Kier alpha value is -3.45. The lowest BCUT2D eigenvalue weighted by Gasteiger charge is -2.38. The topological polar surface area (TPSA) is 94.6 Å². The number of pyridine rings is 1. The summed E-state index contributed by atoms with van der Waals surface area (Å²) in [4.78, 5) is 30.7. The molecule has 1 fully saturated rings. The van der Waals surface area contributed by atoms with Gasteiger partial charge in [0.1, 0.15) is 5.54 Å². The van der Waals surface area contributed by atoms with E-state index in [1.54, 1.807) is 35.9 Å². The summed E-state index contributed by atoms with van der Waals surface area (Å²) in [6, 6.07) is 16.5. The lowest BCUT2D eigenvalue weighted by molar-refractivity contribution is -0.123. The summed E-state index contributed by atoms with van der Waals surface area (Å²) in [7, 11) is 0. The molecule has 1 aliphatic heterocycles. The number of carbonyl (C=O) groups is 2. The Balaban J connectivity index is 1.84. The van der Waals surface area contributed by atoms with Gasteiger partial charge < -0.3 is 10.2 Å². The Morgan fingerprint density at radius 1 is 1.18 bits per heavy atom. The third-order valence-corrected chi connectivity index (χ3v) is 5.21. The predicted molar refractivity (Wildman–Crippen MR) is 106 cm³/mol. The van der Waals surface area contributed by atoms with E-state index in [4.69, 9.17) is 5.21 Å². The fraction of sp³-hybridized carbons (Fsp3) is 0.190. The predicted octanol–water partition coefficient (Wildman–Crippen LogP) is 2.77. The zero-order chi connectivity index (χ0) is 19.7. The van der Waals surface area contributed by atoms with E-state index >= 15 is 0 Å². The summed E-state index contributed by atoms with van der Waals surface area (Å²) in [5.41, 5.74) is 3.70. The van der Waals surface area contributed by atoms with Crippen molar-refractivity contribution >= 4 is 34.1 Å². The molecule has 1 saturated heterocycles. The second-order valence-corrected chi connectivity index (χ2v) is 6.98. The fourth-order valence-electron chi connectivity index (χ4n) is 3.68. The highest BCUT2D eigenvalue weighted by molar-refractivity contribution is 5.97. The number of nitrogens with zero attached hydrogens (tertiary/aromatic N) is 2. The molecule has 0 spiro atoms. The number of hydrogen-bond donors (Lipinski definition) is 3. The van der Waals surface area contributed by atoms with Crippen LogP contribution in [0.5, 0.6) is 0 Å². The van der Waals surface area contributed by atoms with E-state index in [1.165, 1.54) is 0 Å². The second kappa shape index (κ2) is 6.94. The largest absolute Gasteiger partial charge is 0.354 e. The average molecular weight is 376 g/mol. The highest BCUT2D eigenvalue weighted by Gasteiger charge is 2.44. The van der Waals surface area contributed by atoms with E-state index in [0.717, 1.165) is 22.3 Å². The van der Waals surface area contributed by atoms with Gasteiger partial charge in [-0.05, 0) is 61.9 Å². The summed E-state index contributed by atoms with van der Waals surface area (Å²) in [5.74, 6) is -0.629. The minimum Gasteiger partial charge on any atom is -0.354 e. The first kappa shape index (κ1) is 17.9. The van der Waals surface area contributed by atoms with Crippen molar-refractivity contribution in [2.45, 2.75) is 18.9 Å². The standard InChI is InChI=1S/C21H20N4O3/c1-21(10-12-23-20(21)27)25(16-6-4-14(5-7-16)19(26)24-28)17-8-9-18-15(13-17)3-2-11-22-18/h2-9,11,13,28H,10,12H2,1H3,(H,23,27)(H,24,26). The third-order valence-electron chi connectivity index (χ3n) is 5.21. The van der Waals surface area contributed by atoms with Gasteiger partial charge in [0.05, 0.1) is 5.52 Å². The highest BCUT2D eigenvalue weighted by Crippen LogP contribution is 2.38. The maximum Gasteiger partial charge on any atom is 0.274 e. The summed E-state index contributed by atoms with van der Waals surface area (Å²) in [5, 5.41) is 12.7. The molecule has 3 aromatic rings. The van der Waals surface area contributed by atoms with Gasteiger partial charge in [0.25, 0.3) is 5.91 Å². The summed E-state index contributed by atoms with van der Waals surface area (Å²) in [6.07, 6.45) is 2.40. The summed E-state index contributed by atoms with van der Waals surface area (Å²) in [6.45, 7) is 2.52. The monoisotopic (exact) mass is 376 g/mol. The molecule has 0 radical (unpaired) electrons. The van der Waals surface area contributed by atoms with E-state index in [9.17, 15) is 9.59 Å². The van der Waals surface area contributed by atoms with Crippen LogP contribution in [-0.4, -0.2) is 34.1 Å². The van der Waals surface area contributed by atoms with Gasteiger partial charge in [0, 0.05) is 35.1 Å². The smallest absolute Gasteiger partial charge is 0.274 e. The minimum atomic E-state index is -0.767. The van der Waals surface area contributed by atoms with Crippen LogP contribution in [0.2, 0.25) is 0 Å². The highest BCUT2D eigenvalue weighted by atomic mass is 16.5. The molecule has 2 aromatic carbocycles. The van der Waals surface area contributed by atoms with Crippen LogP contribution in [0.15, 0.2) is 60.8 Å². The molecule has 0 aliphatic carbocycles. The number of nitrogens with one attached hydrogen (secondary N) is 2. The number of benzene rings is 2. The molecule has 1 aromatic heterocycles. The molecule has 7 heteroatoms. The molecule has 1 atom stereocenters. The van der Waals surface area contributed by atoms with Crippen molar-refractivity contribution in [2.75, 3.05) is 11.4 Å². The van der Waals surface area contributed by atoms with Crippen LogP contribution in [0.4, 0.5) is 11.4 Å². The molecule has 0 saturated carbocycles. The van der Waals surface area contributed by atoms with Crippen LogP contribution >= 0.6 is 0 Å². The molecule has 2 heterocycles. The Kier molecular flexibility index (Phi) is 4.44. The Morgan fingerprint density at radius 3 is 2.61 bits per heavy atom. The van der Waals surface area contributed by atoms with Gasteiger partial charge >= 0.3 is 0 Å². The van der Waals surface area contributed by atoms with Crippen molar-refractivity contribution < 1.29 is 14.8 Å². The molecule has 0 bridgehead atoms. The Morgan fingerprint density at radius 2 is 1.93 bits per heavy atom. The number of carbonyl (C=O) groups excluding carboxylic acids is 2. The molecule has 142 valence electrons. The Bertz CT molecular complexity index is 1050. The average Bonchev–Trinajstić information content (AvgIpc) is 3.07. The number of hydroxylamine groups is 1. The van der Waals surface area contributed by atoms with Crippen LogP contribution in [0, 0.1) is 0 Å². The van der Waals surface area contributed by atoms with E-state index in [1.807, 2.05) is 42.2 Å². The number of amides is 2. The van der Waals surface area contributed by atoms with Crippen molar-refractivity contribution in [1.82, 2.24) is 15.8 Å². The summed E-state index contributed by atoms with van der Waals surface area (Å²) < 4.78 is 0. The number of rotatable bonds is 4. The van der Waals surface area contributed by atoms with Crippen LogP contribution in [0.1, 0.15) is 23.7 Å². The van der Waals surface area contributed by atoms with Crippen molar-refractivity contribution in [2.24, 2.45) is 0 Å². The van der Waals surface area contributed by atoms with Gasteiger partial charge in [-0.25, -0.2) is 5.48 Å². The first-order valence-corrected chi connectivity index (χ1v) is 9.01. The minimum absolute atomic E-state index is 0.0454. The van der Waals surface area contributed by atoms with Gasteiger partial charge in [0.2, 0.25) is 5.91 Å². The molecule has 28 heavy (non-hydrogen) atoms. The molecule has 3 N–H and O–H groups in total. The molecule has 7 nitrogen and oxygen atoms in total. The van der Waals surface area contributed by atoms with Crippen LogP contribution in [0.3, 0.4) is 0 Å². The maximum absolute atomic E-state index is 12.7. The van der Waals surface area contributed by atoms with Gasteiger partial charge in [0.15, 0.2) is 0 Å². The van der Waals surface area contributed by atoms with E-state index in [-0.39, 0.29) is 5.91 Å². The molecule has 2 amide bonds. The zero-order valence-electron chi connectivity index (χ0n) is 15.3. The second-order valence-electron chi connectivity index (χ2n) is 6.98. The number of fused-ring (bicyclic) bond motifs is 1. The maximum atomic E-state index is 12.7. The molecule has 1 aliphatic rings. The lowest BCUT2D eigenvalue weighted by atomic mass is 9.95. The summed E-state index contributed by atoms with van der Waals surface area (Å²) >= 11 is 0. The number of hydrogen-bond acceptors (Lipinski definition) is 5. The van der Waals surface area contributed by atoms with Crippen LogP contribution < -0.4 is 15.7 Å². The quantitative estimate of drug-likeness (QED) is 0.481. The molecule has 1 unspecified atom stereocenters. The molecular weight excluding hydrogens is 356 g/mol. The first-order chi connectivity index (χ1) is 13.5. The third kappa shape index (κ3) is 2.95. The Labute approximate surface area is 162 Å². The van der Waals surface area contributed by atoms with Crippen molar-refractivity contribution in [3.8, 4) is 0 Å². The number of aromatic nitrogens is 1. The van der Waals surface area contributed by atoms with Crippen molar-refractivity contribution in [3.63, 3.8) is 0 Å². The van der Waals surface area contributed by atoms with Gasteiger partial charge in [-0.15, -0.1) is 0 Å². The van der Waals surface area contributed by atoms with Gasteiger partial charge in [-0.2, -0.15) is 0 Å². The normalized spacial score (nSPS) is 18.7. The van der Waals surface area contributed by atoms with E-state index in [0.29, 0.717) is 18.5 Å². The zero-order valence-corrected chi connectivity index (χ0v) is 15.3. The van der Waals surface area contributed by atoms with Gasteiger partial charge in [-0.3, -0.25) is 19.8 Å². The molecular formula is C21H20N4O3. The molecule has 4 rings (SSSR count). The van der Waals surface area contributed by atoms with Gasteiger partial charge in [-0.1, -0.05) is 6.07 Å². The van der Waals surface area contributed by atoms with Crippen molar-refractivity contribution in [1.29, 1.82) is 0 Å². The number of anilines is 2. The van der Waals surface area contributed by atoms with E-state index < -0.39 is 11.4 Å². The SMILES string of the molecule is CC1(N(c2ccc(C(=O)NO)cc2)c2ccc3ncccc3c2)CCNC1=O. The van der Waals surface area contributed by atoms with E-state index in [2.05, 4.69) is 10.3 Å². The fourth-order valence-corrected chi connectivity index (χ4v) is 3.68. The van der Waals surface area contributed by atoms with Crippen LogP contribution in [0.25, 0.3) is 10.9 Å². The van der Waals surface area contributed by atoms with Crippen molar-refractivity contribution in [3.05, 3.63) is 66.4 Å². The van der Waals surface area contributed by atoms with Crippen LogP contribution in [-0.2, 0) is 4.79 Å². The first-order valence-electron chi connectivity index (χ1n) is 9.01.